The molecule has 0 atom stereocenters. The van der Waals surface area contributed by atoms with Crippen molar-refractivity contribution in [2.24, 2.45) is 0 Å². The Morgan fingerprint density at radius 2 is 1.88 bits per heavy atom. The van der Waals surface area contributed by atoms with Crippen molar-refractivity contribution in [2.45, 2.75) is 6.92 Å². The van der Waals surface area contributed by atoms with E-state index in [1.165, 1.54) is 0 Å². The molecule has 0 saturated carbocycles. The van der Waals surface area contributed by atoms with Crippen molar-refractivity contribution in [1.29, 1.82) is 0 Å². The van der Waals surface area contributed by atoms with Crippen molar-refractivity contribution in [1.82, 2.24) is 4.98 Å². The number of aromatic nitrogens is 1. The zero-order valence-corrected chi connectivity index (χ0v) is 15.3. The molecule has 2 aromatic carbocycles. The first-order chi connectivity index (χ1) is 12.5. The summed E-state index contributed by atoms with van der Waals surface area (Å²) in [6, 6.07) is 14.5. The van der Waals surface area contributed by atoms with Crippen molar-refractivity contribution in [3.8, 4) is 11.1 Å². The van der Waals surface area contributed by atoms with Crippen LogP contribution in [0, 0.1) is 6.92 Å². The molecular weight excluding hydrogens is 369 g/mol. The molecule has 4 rings (SSSR count). The van der Waals surface area contributed by atoms with E-state index in [1.807, 2.05) is 37.3 Å². The molecule has 0 radical (unpaired) electrons. The summed E-state index contributed by atoms with van der Waals surface area (Å²) in [6.07, 6.45) is 3.52. The number of furan rings is 1. The van der Waals surface area contributed by atoms with Gasteiger partial charge in [0.25, 0.3) is 0 Å². The Morgan fingerprint density at radius 1 is 1.04 bits per heavy atom. The summed E-state index contributed by atoms with van der Waals surface area (Å²) in [7, 11) is 0. The molecule has 0 unspecified atom stereocenters. The number of hydrogen-bond acceptors (Lipinski definition) is 3. The van der Waals surface area contributed by atoms with Crippen LogP contribution in [0.5, 0.6) is 0 Å². The van der Waals surface area contributed by atoms with Crippen LogP contribution in [0.3, 0.4) is 0 Å². The van der Waals surface area contributed by atoms with Gasteiger partial charge >= 0.3 is 0 Å². The first kappa shape index (κ1) is 16.8. The molecule has 0 saturated heterocycles. The number of benzene rings is 2. The maximum Gasteiger partial charge on any atom is 0.229 e. The van der Waals surface area contributed by atoms with E-state index in [4.69, 9.17) is 27.6 Å². The van der Waals surface area contributed by atoms with Crippen molar-refractivity contribution in [2.75, 3.05) is 0 Å². The Balaban J connectivity index is 1.81. The molecule has 3 nitrogen and oxygen atoms in total. The molecule has 2 aromatic heterocycles. The van der Waals surface area contributed by atoms with Gasteiger partial charge in [-0.1, -0.05) is 41.4 Å². The van der Waals surface area contributed by atoms with Crippen molar-refractivity contribution >= 4 is 40.0 Å². The molecule has 0 aliphatic carbocycles. The van der Waals surface area contributed by atoms with Crippen LogP contribution in [0.4, 0.5) is 0 Å². The molecule has 0 N–H and O–H groups in total. The van der Waals surface area contributed by atoms with Gasteiger partial charge in [0.1, 0.15) is 5.58 Å². The van der Waals surface area contributed by atoms with E-state index in [-0.39, 0.29) is 11.5 Å². The summed E-state index contributed by atoms with van der Waals surface area (Å²) >= 11 is 12.1. The van der Waals surface area contributed by atoms with E-state index in [9.17, 15) is 4.79 Å². The normalized spacial score (nSPS) is 11.0. The highest BCUT2D eigenvalue weighted by Gasteiger charge is 2.21. The second-order valence-corrected chi connectivity index (χ2v) is 6.81. The van der Waals surface area contributed by atoms with Gasteiger partial charge in [0.15, 0.2) is 5.76 Å². The number of aryl methyl sites for hydroxylation is 1. The van der Waals surface area contributed by atoms with E-state index >= 15 is 0 Å². The van der Waals surface area contributed by atoms with Crippen LogP contribution < -0.4 is 0 Å². The van der Waals surface area contributed by atoms with E-state index in [0.717, 1.165) is 22.1 Å². The SMILES string of the molecule is Cc1c(C(=O)c2ccc(Cl)cc2Cl)oc2cc(-c3cccnc3)ccc12. The lowest BCUT2D eigenvalue weighted by Crippen LogP contribution is -2.02. The lowest BCUT2D eigenvalue weighted by Gasteiger charge is -2.02. The second-order valence-electron chi connectivity index (χ2n) is 5.96. The Morgan fingerprint density at radius 3 is 2.62 bits per heavy atom. The number of carbonyl (C=O) groups is 1. The van der Waals surface area contributed by atoms with Crippen molar-refractivity contribution in [3.63, 3.8) is 0 Å². The Bertz CT molecular complexity index is 1130. The lowest BCUT2D eigenvalue weighted by molar-refractivity contribution is 0.101. The van der Waals surface area contributed by atoms with E-state index in [0.29, 0.717) is 21.2 Å². The van der Waals surface area contributed by atoms with Crippen LogP contribution in [-0.4, -0.2) is 10.8 Å². The quantitative estimate of drug-likeness (QED) is 0.388. The smallest absolute Gasteiger partial charge is 0.229 e. The highest BCUT2D eigenvalue weighted by Crippen LogP contribution is 2.32. The average Bonchev–Trinajstić information content (AvgIpc) is 2.98. The maximum absolute atomic E-state index is 12.9. The van der Waals surface area contributed by atoms with Gasteiger partial charge < -0.3 is 4.42 Å². The Kier molecular flexibility index (Phi) is 4.27. The third-order valence-corrected chi connectivity index (χ3v) is 4.86. The van der Waals surface area contributed by atoms with Gasteiger partial charge in [0.05, 0.1) is 5.02 Å². The van der Waals surface area contributed by atoms with Gasteiger partial charge in [-0.3, -0.25) is 9.78 Å². The third-order valence-electron chi connectivity index (χ3n) is 4.32. The zero-order valence-electron chi connectivity index (χ0n) is 13.8. The van der Waals surface area contributed by atoms with Crippen molar-refractivity contribution < 1.29 is 9.21 Å². The third kappa shape index (κ3) is 2.90. The van der Waals surface area contributed by atoms with Crippen LogP contribution in [0.2, 0.25) is 10.0 Å². The molecule has 0 aliphatic rings. The number of carbonyl (C=O) groups excluding carboxylic acids is 1. The first-order valence-corrected chi connectivity index (χ1v) is 8.73. The first-order valence-electron chi connectivity index (χ1n) is 7.98. The summed E-state index contributed by atoms with van der Waals surface area (Å²) in [5, 5.41) is 1.68. The number of ketones is 1. The number of rotatable bonds is 3. The minimum absolute atomic E-state index is 0.261. The molecule has 5 heteroatoms. The Hall–Kier alpha value is -2.62. The Labute approximate surface area is 160 Å². The molecule has 2 heterocycles. The minimum Gasteiger partial charge on any atom is -0.452 e. The van der Waals surface area contributed by atoms with Crippen LogP contribution in [0.1, 0.15) is 21.7 Å². The van der Waals surface area contributed by atoms with E-state index < -0.39 is 0 Å². The summed E-state index contributed by atoms with van der Waals surface area (Å²) in [5.41, 5.74) is 3.76. The average molecular weight is 382 g/mol. The van der Waals surface area contributed by atoms with Gasteiger partial charge in [-0.15, -0.1) is 0 Å². The highest BCUT2D eigenvalue weighted by molar-refractivity contribution is 6.37. The second kappa shape index (κ2) is 6.60. The standard InChI is InChI=1S/C21H13Cl2NO2/c1-12-16-6-4-13(14-3-2-8-24-11-14)9-19(16)26-21(12)20(25)17-7-5-15(22)10-18(17)23/h2-11H,1H3. The molecule has 0 fully saturated rings. The fourth-order valence-electron chi connectivity index (χ4n) is 2.95. The van der Waals surface area contributed by atoms with E-state index in [1.54, 1.807) is 30.6 Å². The largest absolute Gasteiger partial charge is 0.452 e. The van der Waals surface area contributed by atoms with Crippen LogP contribution in [-0.2, 0) is 0 Å². The fraction of sp³-hybridized carbons (Fsp3) is 0.0476. The molecule has 128 valence electrons. The summed E-state index contributed by atoms with van der Waals surface area (Å²) in [6.45, 7) is 1.87. The molecule has 4 aromatic rings. The number of halogens is 2. The maximum atomic E-state index is 12.9. The van der Waals surface area contributed by atoms with Gasteiger partial charge in [-0.05, 0) is 42.8 Å². The minimum atomic E-state index is -0.261. The van der Waals surface area contributed by atoms with Crippen molar-refractivity contribution in [3.05, 3.63) is 87.9 Å². The number of fused-ring (bicyclic) bond motifs is 1. The summed E-state index contributed by atoms with van der Waals surface area (Å²) in [5.74, 6) is 0.0239. The molecule has 0 bridgehead atoms. The molecule has 0 amide bonds. The number of nitrogens with zero attached hydrogens (tertiary/aromatic N) is 1. The van der Waals surface area contributed by atoms with Crippen LogP contribution >= 0.6 is 23.2 Å². The summed E-state index contributed by atoms with van der Waals surface area (Å²) in [4.78, 5) is 17.0. The highest BCUT2D eigenvalue weighted by atomic mass is 35.5. The molecule has 0 spiro atoms. The predicted octanol–water partition coefficient (Wildman–Crippen LogP) is 6.34. The van der Waals surface area contributed by atoms with Gasteiger partial charge in [-0.25, -0.2) is 0 Å². The molecular formula is C21H13Cl2NO2. The van der Waals surface area contributed by atoms with Crippen LogP contribution in [0.25, 0.3) is 22.1 Å². The fourth-order valence-corrected chi connectivity index (χ4v) is 3.45. The number of hydrogen-bond donors (Lipinski definition) is 0. The lowest BCUT2D eigenvalue weighted by atomic mass is 10.0. The zero-order chi connectivity index (χ0) is 18.3. The monoisotopic (exact) mass is 381 g/mol. The van der Waals surface area contributed by atoms with Crippen LogP contribution in [0.15, 0.2) is 65.3 Å². The van der Waals surface area contributed by atoms with Gasteiger partial charge in [0.2, 0.25) is 5.78 Å². The number of pyridine rings is 1. The summed E-state index contributed by atoms with van der Waals surface area (Å²) < 4.78 is 5.90. The predicted molar refractivity (Wildman–Crippen MR) is 104 cm³/mol. The van der Waals surface area contributed by atoms with Gasteiger partial charge in [0, 0.05) is 39.5 Å². The molecule has 0 aliphatic heterocycles. The molecule has 26 heavy (non-hydrogen) atoms. The van der Waals surface area contributed by atoms with E-state index in [2.05, 4.69) is 4.98 Å². The van der Waals surface area contributed by atoms with Gasteiger partial charge in [-0.2, -0.15) is 0 Å². The topological polar surface area (TPSA) is 43.1 Å².